The van der Waals surface area contributed by atoms with Crippen LogP contribution < -0.4 is 4.74 Å². The van der Waals surface area contributed by atoms with Crippen LogP contribution in [0.25, 0.3) is 6.08 Å². The molecule has 1 fully saturated rings. The third kappa shape index (κ3) is 10.2. The molecule has 0 bridgehead atoms. The molecule has 1 heterocycles. The summed E-state index contributed by atoms with van der Waals surface area (Å²) in [7, 11) is 4.64. The van der Waals surface area contributed by atoms with Crippen LogP contribution in [-0.4, -0.2) is 75.3 Å². The number of carbonyl (C=O) groups is 3. The van der Waals surface area contributed by atoms with Crippen LogP contribution in [-0.2, 0) is 22.3 Å². The lowest BCUT2D eigenvalue weighted by atomic mass is 9.91. The first-order valence-corrected chi connectivity index (χ1v) is 16.1. The summed E-state index contributed by atoms with van der Waals surface area (Å²) in [5.74, 6) is 0.380. The Morgan fingerprint density at radius 3 is 2.15 bits per heavy atom. The number of urea groups is 1. The molecule has 8 nitrogen and oxygen atoms in total. The molecule has 1 aliphatic rings. The second-order valence-electron chi connectivity index (χ2n) is 11.7. The molecular weight excluding hydrogens is 580 g/mol. The number of amides is 2. The fourth-order valence-electron chi connectivity index (χ4n) is 5.63. The molecular formula is C38H46N2O6. The number of methoxy groups -OCH3 is 2. The number of para-hydroxylation sites is 1. The van der Waals surface area contributed by atoms with E-state index in [9.17, 15) is 14.4 Å². The van der Waals surface area contributed by atoms with E-state index < -0.39 is 0 Å². The summed E-state index contributed by atoms with van der Waals surface area (Å²) < 4.78 is 15.9. The minimum absolute atomic E-state index is 0.135. The summed E-state index contributed by atoms with van der Waals surface area (Å²) in [6, 6.07) is 23.3. The highest BCUT2D eigenvalue weighted by molar-refractivity contribution is 5.89. The van der Waals surface area contributed by atoms with Crippen LogP contribution in [0.15, 0.2) is 78.9 Å². The Bertz CT molecular complexity index is 1450. The molecule has 0 radical (unpaired) electrons. The van der Waals surface area contributed by atoms with Gasteiger partial charge < -0.3 is 24.0 Å². The number of allylic oxidation sites excluding steroid dienone is 1. The van der Waals surface area contributed by atoms with E-state index in [-0.39, 0.29) is 23.9 Å². The number of hydrogen-bond acceptors (Lipinski definition) is 6. The largest absolute Gasteiger partial charge is 0.493 e. The van der Waals surface area contributed by atoms with Gasteiger partial charge in [-0.05, 0) is 92.3 Å². The number of ether oxygens (including phenoxy) is 3. The highest BCUT2D eigenvalue weighted by Crippen LogP contribution is 2.24. The Morgan fingerprint density at radius 1 is 0.826 bits per heavy atom. The van der Waals surface area contributed by atoms with Crippen molar-refractivity contribution in [3.05, 3.63) is 107 Å². The summed E-state index contributed by atoms with van der Waals surface area (Å²) in [6.07, 6.45) is 10.8. The third-order valence-electron chi connectivity index (χ3n) is 8.37. The van der Waals surface area contributed by atoms with Gasteiger partial charge in [-0.3, -0.25) is 0 Å². The third-order valence-corrected chi connectivity index (χ3v) is 8.37. The number of rotatable bonds is 16. The van der Waals surface area contributed by atoms with Crippen LogP contribution >= 0.6 is 0 Å². The van der Waals surface area contributed by atoms with E-state index in [1.165, 1.54) is 14.2 Å². The van der Waals surface area contributed by atoms with Crippen LogP contribution in [0.1, 0.15) is 69.5 Å². The summed E-state index contributed by atoms with van der Waals surface area (Å²) in [5.41, 5.74) is 4.37. The zero-order chi connectivity index (χ0) is 32.7. The van der Waals surface area contributed by atoms with Crippen molar-refractivity contribution in [2.24, 2.45) is 5.92 Å². The van der Waals surface area contributed by atoms with E-state index >= 15 is 0 Å². The first-order chi connectivity index (χ1) is 22.4. The number of benzene rings is 3. The molecule has 2 amide bonds. The molecule has 0 N–H and O–H groups in total. The molecule has 1 saturated heterocycles. The molecule has 4 rings (SSSR count). The van der Waals surface area contributed by atoms with Crippen LogP contribution in [0.2, 0.25) is 0 Å². The van der Waals surface area contributed by atoms with Crippen molar-refractivity contribution in [1.82, 2.24) is 9.80 Å². The van der Waals surface area contributed by atoms with E-state index in [1.54, 1.807) is 29.2 Å². The maximum Gasteiger partial charge on any atom is 0.337 e. The Hall–Kier alpha value is -4.59. The molecule has 0 aliphatic carbocycles. The number of aryl methyl sites for hydroxylation is 1. The lowest BCUT2D eigenvalue weighted by molar-refractivity contribution is 0.0592. The Labute approximate surface area is 272 Å². The Balaban J connectivity index is 1.36. The van der Waals surface area contributed by atoms with Crippen molar-refractivity contribution in [2.75, 3.05) is 47.5 Å². The van der Waals surface area contributed by atoms with Gasteiger partial charge in [-0.25, -0.2) is 14.4 Å². The number of unbranched alkanes of at least 4 members (excludes halogenated alkanes) is 2. The van der Waals surface area contributed by atoms with Gasteiger partial charge in [-0.15, -0.1) is 0 Å². The number of carbonyl (C=O) groups excluding carboxylic acids is 3. The van der Waals surface area contributed by atoms with Crippen LogP contribution in [0.3, 0.4) is 0 Å². The van der Waals surface area contributed by atoms with Gasteiger partial charge in [0.1, 0.15) is 5.75 Å². The van der Waals surface area contributed by atoms with Gasteiger partial charge in [0, 0.05) is 32.2 Å². The van der Waals surface area contributed by atoms with Crippen molar-refractivity contribution in [3.8, 4) is 5.75 Å². The summed E-state index contributed by atoms with van der Waals surface area (Å²) in [5, 5.41) is 0. The fourth-order valence-corrected chi connectivity index (χ4v) is 5.63. The summed E-state index contributed by atoms with van der Waals surface area (Å²) in [6.45, 7) is 3.11. The predicted molar refractivity (Wildman–Crippen MR) is 180 cm³/mol. The van der Waals surface area contributed by atoms with Crippen LogP contribution in [0.4, 0.5) is 4.79 Å². The van der Waals surface area contributed by atoms with Gasteiger partial charge in [-0.1, -0.05) is 54.6 Å². The van der Waals surface area contributed by atoms with Gasteiger partial charge in [-0.2, -0.15) is 0 Å². The molecule has 8 heteroatoms. The quantitative estimate of drug-likeness (QED) is 0.125. The van der Waals surface area contributed by atoms with Gasteiger partial charge in [0.25, 0.3) is 0 Å². The van der Waals surface area contributed by atoms with Crippen molar-refractivity contribution in [3.63, 3.8) is 0 Å². The topological polar surface area (TPSA) is 85.4 Å². The zero-order valence-electron chi connectivity index (χ0n) is 27.3. The average molecular weight is 627 g/mol. The SMILES string of the molecule is COC(=O)c1ccc(CCC(C=Cc2ccccc2OCCCCCN2CCCN(C)C2=O)Cc2ccc(C(=O)OC)cc2)cc1. The summed E-state index contributed by atoms with van der Waals surface area (Å²) >= 11 is 0. The zero-order valence-corrected chi connectivity index (χ0v) is 27.3. The van der Waals surface area contributed by atoms with Crippen molar-refractivity contribution >= 4 is 24.0 Å². The van der Waals surface area contributed by atoms with E-state index in [4.69, 9.17) is 14.2 Å². The second kappa shape index (κ2) is 17.8. The number of hydrogen-bond donors (Lipinski definition) is 0. The fraction of sp³-hybridized carbons (Fsp3) is 0.395. The molecule has 1 unspecified atom stereocenters. The molecule has 46 heavy (non-hydrogen) atoms. The van der Waals surface area contributed by atoms with E-state index in [0.717, 1.165) is 87.0 Å². The minimum Gasteiger partial charge on any atom is -0.493 e. The average Bonchev–Trinajstić information content (AvgIpc) is 3.09. The highest BCUT2D eigenvalue weighted by Gasteiger charge is 2.21. The standard InChI is InChI=1S/C38H46N2O6/c1-39-24-9-26-40(38(39)43)25-7-4-8-27-46-35-11-6-5-10-32(35)19-16-30(28-31-17-22-34(23-18-31)37(42)45-3)13-12-29-14-20-33(21-15-29)36(41)44-2/h5-6,10-11,14-23,30H,4,7-9,12-13,24-28H2,1-3H3. The molecule has 3 aromatic rings. The first-order valence-electron chi connectivity index (χ1n) is 16.1. The van der Waals surface area contributed by atoms with Crippen molar-refractivity contribution in [2.45, 2.75) is 44.9 Å². The van der Waals surface area contributed by atoms with Gasteiger partial charge in [0.2, 0.25) is 0 Å². The predicted octanol–water partition coefficient (Wildman–Crippen LogP) is 7.07. The Kier molecular flexibility index (Phi) is 13.3. The minimum atomic E-state index is -0.347. The maximum absolute atomic E-state index is 12.3. The monoisotopic (exact) mass is 626 g/mol. The van der Waals surface area contributed by atoms with E-state index in [0.29, 0.717) is 17.7 Å². The van der Waals surface area contributed by atoms with Crippen LogP contribution in [0.5, 0.6) is 5.75 Å². The number of esters is 2. The second-order valence-corrected chi connectivity index (χ2v) is 11.7. The van der Waals surface area contributed by atoms with E-state index in [1.807, 2.05) is 54.4 Å². The molecule has 244 valence electrons. The van der Waals surface area contributed by atoms with Gasteiger partial charge in [0.05, 0.1) is 32.0 Å². The lowest BCUT2D eigenvalue weighted by Gasteiger charge is -2.33. The molecule has 0 spiro atoms. The first kappa shape index (κ1) is 34.3. The van der Waals surface area contributed by atoms with Crippen LogP contribution in [0, 0.1) is 5.92 Å². The molecule has 3 aromatic carbocycles. The van der Waals surface area contributed by atoms with Gasteiger partial charge in [0.15, 0.2) is 0 Å². The maximum atomic E-state index is 12.3. The van der Waals surface area contributed by atoms with Crippen molar-refractivity contribution in [1.29, 1.82) is 0 Å². The van der Waals surface area contributed by atoms with E-state index in [2.05, 4.69) is 18.2 Å². The molecule has 0 saturated carbocycles. The van der Waals surface area contributed by atoms with Crippen molar-refractivity contribution < 1.29 is 28.6 Å². The lowest BCUT2D eigenvalue weighted by Crippen LogP contribution is -2.47. The highest BCUT2D eigenvalue weighted by atomic mass is 16.5. The van der Waals surface area contributed by atoms with Gasteiger partial charge >= 0.3 is 18.0 Å². The summed E-state index contributed by atoms with van der Waals surface area (Å²) in [4.78, 5) is 39.8. The normalized spacial score (nSPS) is 13.9. The smallest absolute Gasteiger partial charge is 0.337 e. The number of nitrogens with zero attached hydrogens (tertiary/aromatic N) is 2. The Morgan fingerprint density at radius 2 is 1.48 bits per heavy atom. The molecule has 1 atom stereocenters. The molecule has 0 aromatic heterocycles. The molecule has 1 aliphatic heterocycles.